The van der Waals surface area contributed by atoms with Crippen molar-refractivity contribution in [1.82, 2.24) is 18.6 Å². The second-order valence-corrected chi connectivity index (χ2v) is 7.16. The summed E-state index contributed by atoms with van der Waals surface area (Å²) in [6.45, 7) is 3.26. The zero-order valence-electron chi connectivity index (χ0n) is 15.8. The van der Waals surface area contributed by atoms with Crippen LogP contribution in [0.5, 0.6) is 5.75 Å². The quantitative estimate of drug-likeness (QED) is 0.479. The molecule has 0 saturated carbocycles. The highest BCUT2D eigenvalue weighted by molar-refractivity contribution is 7.00. The molecule has 0 saturated heterocycles. The highest BCUT2D eigenvalue weighted by Crippen LogP contribution is 2.27. The number of benzene rings is 2. The van der Waals surface area contributed by atoms with E-state index in [-0.39, 0.29) is 5.75 Å². The number of hydrogen-bond donors (Lipinski definition) is 0. The van der Waals surface area contributed by atoms with Crippen molar-refractivity contribution in [2.45, 2.75) is 20.0 Å². The van der Waals surface area contributed by atoms with Crippen molar-refractivity contribution in [1.29, 1.82) is 0 Å². The summed E-state index contributed by atoms with van der Waals surface area (Å²) in [5.41, 5.74) is 4.52. The van der Waals surface area contributed by atoms with E-state index in [9.17, 15) is 4.39 Å². The maximum Gasteiger partial charge on any atom is 0.226 e. The summed E-state index contributed by atoms with van der Waals surface area (Å²) in [7, 11) is 3.46. The Morgan fingerprint density at radius 2 is 1.93 bits per heavy atom. The molecule has 0 N–H and O–H groups in total. The third-order valence-corrected chi connectivity index (χ3v) is 5.04. The molecule has 0 radical (unpaired) electrons. The molecule has 0 atom stereocenters. The van der Waals surface area contributed by atoms with E-state index in [0.29, 0.717) is 18.0 Å². The molecule has 0 bridgehead atoms. The van der Waals surface area contributed by atoms with E-state index in [1.165, 1.54) is 24.9 Å². The van der Waals surface area contributed by atoms with Crippen LogP contribution in [0, 0.1) is 12.7 Å². The molecule has 6 nitrogen and oxygen atoms in total. The van der Waals surface area contributed by atoms with Crippen LogP contribution < -0.4 is 4.74 Å². The molecule has 0 aliphatic heterocycles. The number of fused-ring (bicyclic) bond motifs is 1. The fraction of sp³-hybridized carbons (Fsp3) is 0.250. The van der Waals surface area contributed by atoms with Crippen LogP contribution in [-0.4, -0.2) is 32.8 Å². The van der Waals surface area contributed by atoms with E-state index in [2.05, 4.69) is 30.8 Å². The van der Waals surface area contributed by atoms with Crippen LogP contribution in [0.1, 0.15) is 17.0 Å². The number of rotatable bonds is 6. The molecule has 0 amide bonds. The predicted molar refractivity (Wildman–Crippen MR) is 106 cm³/mol. The Hall–Kier alpha value is -2.84. The molecule has 0 spiro atoms. The van der Waals surface area contributed by atoms with Crippen molar-refractivity contribution >= 4 is 22.8 Å². The maximum atomic E-state index is 13.6. The van der Waals surface area contributed by atoms with E-state index in [4.69, 9.17) is 9.15 Å². The molecule has 0 aliphatic rings. The van der Waals surface area contributed by atoms with Crippen molar-refractivity contribution in [3.8, 4) is 17.2 Å². The molecule has 144 valence electrons. The van der Waals surface area contributed by atoms with E-state index in [1.807, 2.05) is 20.0 Å². The van der Waals surface area contributed by atoms with Crippen molar-refractivity contribution in [2.75, 3.05) is 14.2 Å². The standard InChI is InChI=1S/C20H19FN4O2S/c1-12-18(22-20(27-12)14-5-6-15(21)19(9-14)26-3)11-25(2)10-13-4-7-16-17(8-13)24-28-23-16/h4-9H,10-11H2,1-3H3. The Labute approximate surface area is 165 Å². The van der Waals surface area contributed by atoms with Crippen molar-refractivity contribution in [3.63, 3.8) is 0 Å². The first-order chi connectivity index (χ1) is 13.5. The summed E-state index contributed by atoms with van der Waals surface area (Å²) < 4.78 is 33.0. The van der Waals surface area contributed by atoms with Gasteiger partial charge in [-0.3, -0.25) is 4.90 Å². The average molecular weight is 398 g/mol. The van der Waals surface area contributed by atoms with Crippen molar-refractivity contribution in [2.24, 2.45) is 0 Å². The summed E-state index contributed by atoms with van der Waals surface area (Å²) in [6, 6.07) is 10.7. The lowest BCUT2D eigenvalue weighted by molar-refractivity contribution is 0.313. The average Bonchev–Trinajstić information content (AvgIpc) is 3.28. The number of halogens is 1. The smallest absolute Gasteiger partial charge is 0.226 e. The second kappa shape index (κ2) is 7.65. The molecule has 2 heterocycles. The van der Waals surface area contributed by atoms with Gasteiger partial charge in [0.1, 0.15) is 16.8 Å². The number of methoxy groups -OCH3 is 1. The molecule has 4 rings (SSSR count). The minimum atomic E-state index is -0.415. The van der Waals surface area contributed by atoms with Gasteiger partial charge in [-0.05, 0) is 49.9 Å². The third-order valence-electron chi connectivity index (χ3n) is 4.48. The Bertz CT molecular complexity index is 1120. The minimum Gasteiger partial charge on any atom is -0.494 e. The van der Waals surface area contributed by atoms with Crippen molar-refractivity contribution in [3.05, 3.63) is 59.2 Å². The Morgan fingerprint density at radius 3 is 2.75 bits per heavy atom. The summed E-state index contributed by atoms with van der Waals surface area (Å²) in [6.07, 6.45) is 0. The van der Waals surface area contributed by atoms with E-state index >= 15 is 0 Å². The first-order valence-corrected chi connectivity index (χ1v) is 9.46. The van der Waals surface area contributed by atoms with Gasteiger partial charge in [-0.1, -0.05) is 6.07 Å². The third kappa shape index (κ3) is 3.74. The molecule has 0 aliphatic carbocycles. The van der Waals surface area contributed by atoms with Crippen molar-refractivity contribution < 1.29 is 13.5 Å². The SMILES string of the molecule is COc1cc(-c2nc(CN(C)Cc3ccc4nsnc4c3)c(C)o2)ccc1F. The lowest BCUT2D eigenvalue weighted by Gasteiger charge is -2.15. The molecule has 0 unspecified atom stereocenters. The number of aryl methyl sites for hydroxylation is 1. The maximum absolute atomic E-state index is 13.6. The van der Waals surface area contributed by atoms with Gasteiger partial charge in [-0.15, -0.1) is 0 Å². The molecule has 2 aromatic heterocycles. The van der Waals surface area contributed by atoms with Gasteiger partial charge in [-0.25, -0.2) is 9.37 Å². The topological polar surface area (TPSA) is 64.3 Å². The molecule has 2 aromatic carbocycles. The second-order valence-electron chi connectivity index (χ2n) is 6.63. The number of oxazole rings is 1. The molecule has 28 heavy (non-hydrogen) atoms. The van der Waals surface area contributed by atoms with Gasteiger partial charge in [-0.2, -0.15) is 8.75 Å². The summed E-state index contributed by atoms with van der Waals surface area (Å²) in [5.74, 6) is 0.944. The van der Waals surface area contributed by atoms with Crippen LogP contribution in [0.3, 0.4) is 0 Å². The van der Waals surface area contributed by atoms with E-state index in [1.54, 1.807) is 12.1 Å². The minimum absolute atomic E-state index is 0.166. The monoisotopic (exact) mass is 398 g/mol. The van der Waals surface area contributed by atoms with Gasteiger partial charge in [0, 0.05) is 18.7 Å². The first kappa shape index (κ1) is 18.5. The van der Waals surface area contributed by atoms with Gasteiger partial charge in [0.2, 0.25) is 5.89 Å². The largest absolute Gasteiger partial charge is 0.494 e. The van der Waals surface area contributed by atoms with Gasteiger partial charge in [0.25, 0.3) is 0 Å². The molecule has 0 fully saturated rings. The highest BCUT2D eigenvalue weighted by Gasteiger charge is 2.15. The normalized spacial score (nSPS) is 11.5. The molecular formula is C20H19FN4O2S. The van der Waals surface area contributed by atoms with Gasteiger partial charge in [0.05, 0.1) is 24.5 Å². The number of nitrogens with zero attached hydrogens (tertiary/aromatic N) is 4. The first-order valence-electron chi connectivity index (χ1n) is 8.73. The summed E-state index contributed by atoms with van der Waals surface area (Å²) >= 11 is 1.22. The molecular weight excluding hydrogens is 379 g/mol. The fourth-order valence-corrected chi connectivity index (χ4v) is 3.56. The number of aromatic nitrogens is 3. The summed E-state index contributed by atoms with van der Waals surface area (Å²) in [5, 5.41) is 0. The highest BCUT2D eigenvalue weighted by atomic mass is 32.1. The van der Waals surface area contributed by atoms with E-state index < -0.39 is 5.82 Å². The van der Waals surface area contributed by atoms with E-state index in [0.717, 1.165) is 34.6 Å². The number of ether oxygens (including phenoxy) is 1. The predicted octanol–water partition coefficient (Wildman–Crippen LogP) is 4.43. The van der Waals surface area contributed by atoms with Crippen LogP contribution in [-0.2, 0) is 13.1 Å². The van der Waals surface area contributed by atoms with Crippen LogP contribution >= 0.6 is 11.7 Å². The fourth-order valence-electron chi connectivity index (χ4n) is 3.04. The lowest BCUT2D eigenvalue weighted by Crippen LogP contribution is -2.18. The van der Waals surface area contributed by atoms with Crippen LogP contribution in [0.25, 0.3) is 22.5 Å². The number of hydrogen-bond acceptors (Lipinski definition) is 7. The zero-order valence-corrected chi connectivity index (χ0v) is 16.6. The van der Waals surface area contributed by atoms with Gasteiger partial charge < -0.3 is 9.15 Å². The van der Waals surface area contributed by atoms with Crippen LogP contribution in [0.2, 0.25) is 0 Å². The van der Waals surface area contributed by atoms with Crippen LogP contribution in [0.15, 0.2) is 40.8 Å². The Kier molecular flexibility index (Phi) is 5.06. The van der Waals surface area contributed by atoms with Crippen LogP contribution in [0.4, 0.5) is 4.39 Å². The Balaban J connectivity index is 1.50. The molecule has 4 aromatic rings. The lowest BCUT2D eigenvalue weighted by atomic mass is 10.2. The Morgan fingerprint density at radius 1 is 1.11 bits per heavy atom. The zero-order chi connectivity index (χ0) is 19.7. The van der Waals surface area contributed by atoms with Gasteiger partial charge >= 0.3 is 0 Å². The van der Waals surface area contributed by atoms with Gasteiger partial charge in [0.15, 0.2) is 11.6 Å². The molecule has 8 heteroatoms. The summed E-state index contributed by atoms with van der Waals surface area (Å²) in [4.78, 5) is 6.75.